The lowest BCUT2D eigenvalue weighted by molar-refractivity contribution is -0.299. The normalized spacial score (nSPS) is 23.2. The molecule has 22 nitrogen and oxygen atoms in total. The highest BCUT2D eigenvalue weighted by Crippen LogP contribution is 2.28. The number of carbonyl (C=O) groups excluding carboxylic acids is 3. The van der Waals surface area contributed by atoms with Gasteiger partial charge >= 0.3 is 11.9 Å². The average molecular weight is 936 g/mol. The van der Waals surface area contributed by atoms with Crippen LogP contribution in [0.25, 0.3) is 11.0 Å². The van der Waals surface area contributed by atoms with Crippen molar-refractivity contribution in [3.63, 3.8) is 0 Å². The zero-order chi connectivity index (χ0) is 47.0. The molecule has 2 fully saturated rings. The summed E-state index contributed by atoms with van der Waals surface area (Å²) in [7, 11) is 0. The van der Waals surface area contributed by atoms with Crippen molar-refractivity contribution in [2.45, 2.75) is 113 Å². The molecule has 2 saturated heterocycles. The summed E-state index contributed by atoms with van der Waals surface area (Å²) < 4.78 is 28.3. The number of anilines is 1. The molecule has 12 N–H and O–H groups in total. The summed E-state index contributed by atoms with van der Waals surface area (Å²) >= 11 is 1.43. The number of aromatic amines is 2. The van der Waals surface area contributed by atoms with Crippen LogP contribution in [-0.4, -0.2) is 176 Å². The Bertz CT molecular complexity index is 2070. The van der Waals surface area contributed by atoms with Crippen molar-refractivity contribution in [1.29, 1.82) is 0 Å². The van der Waals surface area contributed by atoms with Gasteiger partial charge in [-0.15, -0.1) is 0 Å². The molecule has 65 heavy (non-hydrogen) atoms. The van der Waals surface area contributed by atoms with Crippen LogP contribution in [0.3, 0.4) is 0 Å². The number of aliphatic carboxylic acids is 1. The second-order valence-corrected chi connectivity index (χ2v) is 17.2. The first kappa shape index (κ1) is 51.3. The number of ether oxygens (including phenoxy) is 5. The van der Waals surface area contributed by atoms with E-state index in [4.69, 9.17) is 29.4 Å². The summed E-state index contributed by atoms with van der Waals surface area (Å²) in [5.41, 5.74) is 7.54. The molecule has 0 spiro atoms. The number of nitrogens with one attached hydrogen (secondary N) is 5. The van der Waals surface area contributed by atoms with Crippen molar-refractivity contribution >= 4 is 52.5 Å². The number of amides is 2. The third-order valence-electron chi connectivity index (χ3n) is 10.7. The van der Waals surface area contributed by atoms with Crippen LogP contribution in [0.4, 0.5) is 5.95 Å². The number of fused-ring (bicyclic) bond motifs is 1. The molecule has 0 aliphatic carbocycles. The van der Waals surface area contributed by atoms with Crippen LogP contribution in [0.15, 0.2) is 35.3 Å². The van der Waals surface area contributed by atoms with Gasteiger partial charge in [0.2, 0.25) is 11.9 Å². The predicted octanol–water partition coefficient (Wildman–Crippen LogP) is -1.28. The molecule has 360 valence electrons. The second-order valence-electron chi connectivity index (χ2n) is 16.2. The predicted molar refractivity (Wildman–Crippen MR) is 235 cm³/mol. The highest BCUT2D eigenvalue weighted by Gasteiger charge is 2.41. The van der Waals surface area contributed by atoms with E-state index in [1.807, 2.05) is 13.8 Å². The second kappa shape index (κ2) is 25.3. The van der Waals surface area contributed by atoms with Crippen molar-refractivity contribution in [1.82, 2.24) is 30.9 Å². The SMILES string of the molecule is CC(C)N[C@H](CSCC1OCC(O)C[C@@H]1O[C@@H]1OC(CO)[C@@H](O)CC1O)C(=O)NCCOCCOC(=O)[C@H](CCC(=O)O)NC(=O)c1ccc(CCc2c[nH]c3nc(N)[nH]c(=O)c23)cc1. The number of benzene rings is 1. The Morgan fingerprint density at radius 3 is 2.51 bits per heavy atom. The van der Waals surface area contributed by atoms with E-state index in [0.29, 0.717) is 35.4 Å². The van der Waals surface area contributed by atoms with Crippen molar-refractivity contribution in [3.8, 4) is 0 Å². The smallest absolute Gasteiger partial charge is 0.328 e. The number of aromatic nitrogens is 3. The third kappa shape index (κ3) is 15.7. The molecule has 0 saturated carbocycles. The van der Waals surface area contributed by atoms with Gasteiger partial charge < -0.3 is 75.9 Å². The Hall–Kier alpha value is -4.69. The van der Waals surface area contributed by atoms with E-state index in [1.165, 1.54) is 11.8 Å². The Balaban J connectivity index is 1.01. The van der Waals surface area contributed by atoms with E-state index in [2.05, 4.69) is 30.9 Å². The molecule has 3 aromatic rings. The van der Waals surface area contributed by atoms with Crippen LogP contribution in [-0.2, 0) is 50.9 Å². The van der Waals surface area contributed by atoms with E-state index >= 15 is 0 Å². The van der Waals surface area contributed by atoms with Gasteiger partial charge in [0.25, 0.3) is 11.5 Å². The Kier molecular flexibility index (Phi) is 20.0. The van der Waals surface area contributed by atoms with E-state index < -0.39 is 85.9 Å². The van der Waals surface area contributed by atoms with E-state index in [1.54, 1.807) is 30.5 Å². The number of carboxylic acids is 1. The molecule has 2 aliphatic heterocycles. The minimum absolute atomic E-state index is 0.0115. The van der Waals surface area contributed by atoms with Gasteiger partial charge in [-0.25, -0.2) is 4.79 Å². The number of nitrogens with zero attached hydrogens (tertiary/aromatic N) is 1. The number of carboxylic acid groups (broad SMARTS) is 1. The quantitative estimate of drug-likeness (QED) is 0.0348. The molecule has 0 bridgehead atoms. The molecule has 0 radical (unpaired) electrons. The van der Waals surface area contributed by atoms with Crippen molar-refractivity contribution in [2.75, 3.05) is 56.8 Å². The number of esters is 1. The van der Waals surface area contributed by atoms with Gasteiger partial charge in [0.1, 0.15) is 30.5 Å². The van der Waals surface area contributed by atoms with Gasteiger partial charge in [-0.1, -0.05) is 26.0 Å². The van der Waals surface area contributed by atoms with Crippen molar-refractivity contribution in [3.05, 3.63) is 57.5 Å². The molecule has 2 aromatic heterocycles. The molecule has 2 amide bonds. The van der Waals surface area contributed by atoms with Gasteiger partial charge in [-0.05, 0) is 42.5 Å². The highest BCUT2D eigenvalue weighted by atomic mass is 32.2. The number of hydrogen-bond donors (Lipinski definition) is 11. The molecule has 2 aliphatic rings. The molecule has 9 atom stereocenters. The zero-order valence-electron chi connectivity index (χ0n) is 36.3. The van der Waals surface area contributed by atoms with Crippen LogP contribution in [0.1, 0.15) is 61.0 Å². The fourth-order valence-corrected chi connectivity index (χ4v) is 8.47. The van der Waals surface area contributed by atoms with Crippen LogP contribution < -0.4 is 27.2 Å². The third-order valence-corrected chi connectivity index (χ3v) is 11.8. The molecular formula is C42H61N7O15S. The number of nitrogen functional groups attached to an aromatic ring is 1. The summed E-state index contributed by atoms with van der Waals surface area (Å²) in [6.07, 6.45) is -3.89. The minimum Gasteiger partial charge on any atom is -0.481 e. The Labute approximate surface area is 378 Å². The number of thioether (sulfide) groups is 1. The summed E-state index contributed by atoms with van der Waals surface area (Å²) in [5.74, 6) is -2.11. The zero-order valence-corrected chi connectivity index (χ0v) is 37.1. The summed E-state index contributed by atoms with van der Waals surface area (Å²) in [6.45, 7) is 3.45. The van der Waals surface area contributed by atoms with Gasteiger partial charge in [-0.2, -0.15) is 16.7 Å². The van der Waals surface area contributed by atoms with Gasteiger partial charge in [-0.3, -0.25) is 24.2 Å². The van der Waals surface area contributed by atoms with E-state index in [0.717, 1.165) is 11.1 Å². The van der Waals surface area contributed by atoms with E-state index in [9.17, 15) is 49.5 Å². The Morgan fingerprint density at radius 2 is 1.78 bits per heavy atom. The standard InChI is InChI=1S/C42H61N7O15S/c1-22(2)46-28(20-65-21-33-31(15-26(51)19-62-33)63-41-30(53)16-29(52)32(18-50)64-41)38(57)44-11-12-60-13-14-61-40(59)27(9-10-34(54)55)47-37(56)24-6-3-23(4-7-24)5-8-25-17-45-36-35(25)39(58)49-42(43)48-36/h3-4,6-7,17,22,26-33,41,46,50-53H,5,8-16,18-21H2,1-2H3,(H,44,57)(H,47,56)(H,54,55)(H4,43,45,48,49,58)/t26?,27-,28+,29-,30?,31-,32?,33?,41+/m0/s1. The number of aryl methyl sites for hydroxylation is 2. The molecule has 23 heteroatoms. The first-order valence-corrected chi connectivity index (χ1v) is 22.7. The largest absolute Gasteiger partial charge is 0.481 e. The monoisotopic (exact) mass is 935 g/mol. The highest BCUT2D eigenvalue weighted by molar-refractivity contribution is 7.99. The molecular weight excluding hydrogens is 875 g/mol. The average Bonchev–Trinajstić information content (AvgIpc) is 3.67. The van der Waals surface area contributed by atoms with Gasteiger partial charge in [0, 0.05) is 55.1 Å². The maximum absolute atomic E-state index is 13.2. The van der Waals surface area contributed by atoms with Crippen LogP contribution in [0.2, 0.25) is 0 Å². The van der Waals surface area contributed by atoms with Crippen LogP contribution in [0, 0.1) is 0 Å². The number of nitrogens with two attached hydrogens (primary N) is 1. The lowest BCUT2D eigenvalue weighted by Gasteiger charge is -2.41. The number of H-pyrrole nitrogens is 2. The lowest BCUT2D eigenvalue weighted by Crippen LogP contribution is -2.54. The summed E-state index contributed by atoms with van der Waals surface area (Å²) in [6, 6.07) is 4.78. The first-order chi connectivity index (χ1) is 31.1. The van der Waals surface area contributed by atoms with Crippen molar-refractivity contribution < 1.29 is 68.4 Å². The maximum atomic E-state index is 13.2. The number of aliphatic hydroxyl groups excluding tert-OH is 4. The molecule has 1 aromatic carbocycles. The van der Waals surface area contributed by atoms with Crippen molar-refractivity contribution in [2.24, 2.45) is 0 Å². The minimum atomic E-state index is -1.24. The fourth-order valence-electron chi connectivity index (χ4n) is 7.31. The van der Waals surface area contributed by atoms with Gasteiger partial charge in [0.05, 0.1) is 62.3 Å². The molecule has 4 unspecified atom stereocenters. The molecule has 5 rings (SSSR count). The van der Waals surface area contributed by atoms with Crippen LogP contribution >= 0.6 is 11.8 Å². The lowest BCUT2D eigenvalue weighted by atomic mass is 10.0. The fraction of sp³-hybridized carbons (Fsp3) is 0.619. The van der Waals surface area contributed by atoms with Crippen LogP contribution in [0.5, 0.6) is 0 Å². The summed E-state index contributed by atoms with van der Waals surface area (Å²) in [5, 5.41) is 58.5. The number of carbonyl (C=O) groups is 4. The first-order valence-electron chi connectivity index (χ1n) is 21.5. The molecule has 4 heterocycles. The number of rotatable bonds is 25. The number of aliphatic hydroxyl groups is 4. The summed E-state index contributed by atoms with van der Waals surface area (Å²) in [4.78, 5) is 72.5. The maximum Gasteiger partial charge on any atom is 0.328 e. The number of hydrogen-bond acceptors (Lipinski definition) is 18. The Morgan fingerprint density at radius 1 is 1.02 bits per heavy atom. The van der Waals surface area contributed by atoms with Gasteiger partial charge in [0.15, 0.2) is 6.29 Å². The topological polar surface area (TPSA) is 339 Å². The van der Waals surface area contributed by atoms with E-state index in [-0.39, 0.29) is 81.3 Å².